The van der Waals surface area contributed by atoms with E-state index in [9.17, 15) is 4.79 Å². The summed E-state index contributed by atoms with van der Waals surface area (Å²) in [6.07, 6.45) is 0.541. The van der Waals surface area contributed by atoms with Gasteiger partial charge in [-0.05, 0) is 18.6 Å². The Morgan fingerprint density at radius 1 is 1.28 bits per heavy atom. The highest BCUT2D eigenvalue weighted by Gasteiger charge is 2.21. The Morgan fingerprint density at radius 2 is 1.83 bits per heavy atom. The van der Waals surface area contributed by atoms with E-state index >= 15 is 0 Å². The molecule has 0 aliphatic rings. The maximum atomic E-state index is 12.3. The van der Waals surface area contributed by atoms with Crippen molar-refractivity contribution in [3.8, 4) is 11.5 Å². The summed E-state index contributed by atoms with van der Waals surface area (Å²) in [6, 6.07) is 5.20. The summed E-state index contributed by atoms with van der Waals surface area (Å²) in [5.74, 6) is 0.781. The first-order chi connectivity index (χ1) is 8.65. The van der Waals surface area contributed by atoms with Crippen LogP contribution in [0.4, 0.5) is 0 Å². The Hall–Kier alpha value is -1.75. The molecule has 0 bridgehead atoms. The average molecular weight is 253 g/mol. The highest BCUT2D eigenvalue weighted by Crippen LogP contribution is 2.29. The number of nitrogens with zero attached hydrogens (tertiary/aromatic N) is 1. The number of rotatable bonds is 6. The second-order valence-electron chi connectivity index (χ2n) is 3.84. The summed E-state index contributed by atoms with van der Waals surface area (Å²) in [7, 11) is 4.71. The number of aliphatic hydroxyl groups is 1. The number of amides is 1. The fraction of sp³-hybridized carbons (Fsp3) is 0.462. The van der Waals surface area contributed by atoms with E-state index < -0.39 is 0 Å². The van der Waals surface area contributed by atoms with Crippen LogP contribution in [0.25, 0.3) is 0 Å². The highest BCUT2D eigenvalue weighted by atomic mass is 16.5. The van der Waals surface area contributed by atoms with Crippen LogP contribution in [0.1, 0.15) is 16.8 Å². The number of hydrogen-bond donors (Lipinski definition) is 1. The van der Waals surface area contributed by atoms with Crippen LogP contribution in [-0.4, -0.2) is 50.3 Å². The number of aliphatic hydroxyl groups excluding tert-OH is 1. The van der Waals surface area contributed by atoms with Crippen LogP contribution in [0.3, 0.4) is 0 Å². The minimum absolute atomic E-state index is 0.0562. The molecule has 18 heavy (non-hydrogen) atoms. The Morgan fingerprint density at radius 3 is 2.28 bits per heavy atom. The minimum atomic E-state index is -0.183. The smallest absolute Gasteiger partial charge is 0.261 e. The first-order valence-electron chi connectivity index (χ1n) is 5.73. The Bertz CT molecular complexity index is 384. The van der Waals surface area contributed by atoms with Gasteiger partial charge in [-0.15, -0.1) is 0 Å². The zero-order valence-electron chi connectivity index (χ0n) is 11.0. The van der Waals surface area contributed by atoms with E-state index in [2.05, 4.69) is 0 Å². The molecule has 0 atom stereocenters. The number of hydrogen-bond acceptors (Lipinski definition) is 4. The van der Waals surface area contributed by atoms with Gasteiger partial charge in [0.15, 0.2) is 0 Å². The van der Waals surface area contributed by atoms with Crippen molar-refractivity contribution in [2.75, 3.05) is 34.4 Å². The van der Waals surface area contributed by atoms with Crippen molar-refractivity contribution in [3.63, 3.8) is 0 Å². The van der Waals surface area contributed by atoms with Crippen molar-refractivity contribution in [2.24, 2.45) is 0 Å². The molecule has 1 aromatic carbocycles. The lowest BCUT2D eigenvalue weighted by atomic mass is 10.1. The molecule has 0 spiro atoms. The number of ether oxygens (including phenoxy) is 2. The molecule has 1 rings (SSSR count). The number of carbonyl (C=O) groups excluding carboxylic acids is 1. The van der Waals surface area contributed by atoms with Crippen LogP contribution in [0, 0.1) is 0 Å². The molecule has 1 amide bonds. The standard InChI is InChI=1S/C13H19NO4/c1-14(8-5-9-15)13(16)12-10(17-2)6-4-7-11(12)18-3/h4,6-7,15H,5,8-9H2,1-3H3. The normalized spacial score (nSPS) is 10.0. The second kappa shape index (κ2) is 6.86. The molecule has 0 saturated heterocycles. The van der Waals surface area contributed by atoms with E-state index in [1.807, 2.05) is 0 Å². The van der Waals surface area contributed by atoms with Gasteiger partial charge in [0.25, 0.3) is 5.91 Å². The van der Waals surface area contributed by atoms with Crippen LogP contribution in [-0.2, 0) is 0 Å². The molecular weight excluding hydrogens is 234 g/mol. The van der Waals surface area contributed by atoms with Gasteiger partial charge in [0.2, 0.25) is 0 Å². The zero-order valence-corrected chi connectivity index (χ0v) is 11.0. The lowest BCUT2D eigenvalue weighted by molar-refractivity contribution is 0.0779. The predicted molar refractivity (Wildman–Crippen MR) is 68.2 cm³/mol. The van der Waals surface area contributed by atoms with Gasteiger partial charge in [-0.2, -0.15) is 0 Å². The van der Waals surface area contributed by atoms with Crippen LogP contribution in [0.5, 0.6) is 11.5 Å². The maximum absolute atomic E-state index is 12.3. The molecule has 1 N–H and O–H groups in total. The molecule has 1 aromatic rings. The monoisotopic (exact) mass is 253 g/mol. The summed E-state index contributed by atoms with van der Waals surface area (Å²) in [5.41, 5.74) is 0.405. The minimum Gasteiger partial charge on any atom is -0.496 e. The average Bonchev–Trinajstić information content (AvgIpc) is 2.42. The molecule has 0 radical (unpaired) electrons. The Labute approximate surface area is 107 Å². The third kappa shape index (κ3) is 3.13. The van der Waals surface area contributed by atoms with Crippen molar-refractivity contribution >= 4 is 5.91 Å². The second-order valence-corrected chi connectivity index (χ2v) is 3.84. The Balaban J connectivity index is 3.02. The molecule has 0 aliphatic carbocycles. The predicted octanol–water partition coefficient (Wildman–Crippen LogP) is 1.16. The van der Waals surface area contributed by atoms with Gasteiger partial charge in [-0.25, -0.2) is 0 Å². The Kier molecular flexibility index (Phi) is 5.45. The number of benzene rings is 1. The molecule has 100 valence electrons. The zero-order chi connectivity index (χ0) is 13.5. The molecular formula is C13H19NO4. The fourth-order valence-electron chi connectivity index (χ4n) is 1.66. The summed E-state index contributed by atoms with van der Waals surface area (Å²) >= 11 is 0. The molecule has 0 aliphatic heterocycles. The van der Waals surface area contributed by atoms with Crippen molar-refractivity contribution in [1.29, 1.82) is 0 Å². The van der Waals surface area contributed by atoms with E-state index in [-0.39, 0.29) is 12.5 Å². The van der Waals surface area contributed by atoms with E-state index in [1.54, 1.807) is 25.2 Å². The lowest BCUT2D eigenvalue weighted by Crippen LogP contribution is -2.29. The summed E-state index contributed by atoms with van der Waals surface area (Å²) in [5, 5.41) is 8.78. The molecule has 0 fully saturated rings. The first kappa shape index (κ1) is 14.3. The van der Waals surface area contributed by atoms with Crippen molar-refractivity contribution in [2.45, 2.75) is 6.42 Å². The van der Waals surface area contributed by atoms with E-state index in [0.29, 0.717) is 30.0 Å². The van der Waals surface area contributed by atoms with Gasteiger partial charge < -0.3 is 19.5 Å². The largest absolute Gasteiger partial charge is 0.496 e. The van der Waals surface area contributed by atoms with Gasteiger partial charge in [-0.3, -0.25) is 4.79 Å². The van der Waals surface area contributed by atoms with Crippen LogP contribution in [0.15, 0.2) is 18.2 Å². The molecule has 5 nitrogen and oxygen atoms in total. The van der Waals surface area contributed by atoms with Gasteiger partial charge in [-0.1, -0.05) is 6.07 Å². The topological polar surface area (TPSA) is 59.0 Å². The van der Waals surface area contributed by atoms with Crippen molar-refractivity contribution < 1.29 is 19.4 Å². The van der Waals surface area contributed by atoms with E-state index in [4.69, 9.17) is 14.6 Å². The molecule has 0 aromatic heterocycles. The van der Waals surface area contributed by atoms with Gasteiger partial charge >= 0.3 is 0 Å². The molecule has 0 unspecified atom stereocenters. The number of methoxy groups -OCH3 is 2. The highest BCUT2D eigenvalue weighted by molar-refractivity contribution is 5.99. The van der Waals surface area contributed by atoms with E-state index in [1.165, 1.54) is 19.1 Å². The molecule has 5 heteroatoms. The summed E-state index contributed by atoms with van der Waals surface area (Å²) < 4.78 is 10.4. The fourth-order valence-corrected chi connectivity index (χ4v) is 1.66. The van der Waals surface area contributed by atoms with Crippen molar-refractivity contribution in [1.82, 2.24) is 4.90 Å². The number of carbonyl (C=O) groups is 1. The van der Waals surface area contributed by atoms with Crippen LogP contribution >= 0.6 is 0 Å². The summed E-state index contributed by atoms with van der Waals surface area (Å²) in [4.78, 5) is 13.8. The maximum Gasteiger partial charge on any atom is 0.261 e. The summed E-state index contributed by atoms with van der Waals surface area (Å²) in [6.45, 7) is 0.539. The molecule has 0 heterocycles. The first-order valence-corrected chi connectivity index (χ1v) is 5.73. The SMILES string of the molecule is COc1cccc(OC)c1C(=O)N(C)CCCO. The third-order valence-corrected chi connectivity index (χ3v) is 2.64. The van der Waals surface area contributed by atoms with Crippen LogP contribution < -0.4 is 9.47 Å². The van der Waals surface area contributed by atoms with Gasteiger partial charge in [0.05, 0.1) is 14.2 Å². The van der Waals surface area contributed by atoms with Crippen molar-refractivity contribution in [3.05, 3.63) is 23.8 Å². The lowest BCUT2D eigenvalue weighted by Gasteiger charge is -2.19. The van der Waals surface area contributed by atoms with Gasteiger partial charge in [0.1, 0.15) is 17.1 Å². The quantitative estimate of drug-likeness (QED) is 0.826. The van der Waals surface area contributed by atoms with Gasteiger partial charge in [0, 0.05) is 20.2 Å². The van der Waals surface area contributed by atoms with Crippen LogP contribution in [0.2, 0.25) is 0 Å². The molecule has 0 saturated carbocycles. The third-order valence-electron chi connectivity index (χ3n) is 2.64. The van der Waals surface area contributed by atoms with E-state index in [0.717, 1.165) is 0 Å².